The first-order chi connectivity index (χ1) is 9.25. The van der Waals surface area contributed by atoms with Gasteiger partial charge in [-0.15, -0.1) is 11.3 Å². The van der Waals surface area contributed by atoms with Gasteiger partial charge in [0.2, 0.25) is 0 Å². The van der Waals surface area contributed by atoms with Gasteiger partial charge >= 0.3 is 0 Å². The molecule has 5 heteroatoms. The van der Waals surface area contributed by atoms with Crippen molar-refractivity contribution in [1.29, 1.82) is 0 Å². The second-order valence-electron chi connectivity index (χ2n) is 4.62. The average Bonchev–Trinajstić information content (AvgIpc) is 3.08. The van der Waals surface area contributed by atoms with E-state index in [9.17, 15) is 10.0 Å². The van der Waals surface area contributed by atoms with Gasteiger partial charge in [0, 0.05) is 17.5 Å². The Kier molecular flexibility index (Phi) is 3.21. The van der Waals surface area contributed by atoms with Gasteiger partial charge in [-0.25, -0.2) is 0 Å². The van der Waals surface area contributed by atoms with Crippen molar-refractivity contribution in [2.24, 2.45) is 0 Å². The summed E-state index contributed by atoms with van der Waals surface area (Å²) in [5, 5.41) is 13.3. The summed E-state index contributed by atoms with van der Waals surface area (Å²) in [6, 6.07) is 7.54. The summed E-state index contributed by atoms with van der Waals surface area (Å²) in [6.45, 7) is 0.759. The smallest absolute Gasteiger partial charge is 0.260 e. The van der Waals surface area contributed by atoms with E-state index in [1.54, 1.807) is 23.5 Å². The standard InChI is InChI=1S/C14H14N2O2S/c17-14(11-4-1-7-15(18)10-11)16-8-2-5-12(16)13-6-3-9-19-13/h1,3-4,6-7,9-10,12H,2,5,8H2/t12-/m1/s1. The molecule has 0 saturated carbocycles. The lowest BCUT2D eigenvalue weighted by atomic mass is 10.1. The molecule has 2 aromatic heterocycles. The minimum atomic E-state index is -0.0545. The van der Waals surface area contributed by atoms with Crippen LogP contribution in [-0.2, 0) is 0 Å². The van der Waals surface area contributed by atoms with Gasteiger partial charge in [0.1, 0.15) is 5.56 Å². The number of aromatic nitrogens is 1. The molecular weight excluding hydrogens is 260 g/mol. The maximum Gasteiger partial charge on any atom is 0.260 e. The number of nitrogens with zero attached hydrogens (tertiary/aromatic N) is 2. The lowest BCUT2D eigenvalue weighted by Crippen LogP contribution is -2.33. The molecule has 1 amide bonds. The highest BCUT2D eigenvalue weighted by molar-refractivity contribution is 7.10. The van der Waals surface area contributed by atoms with Crippen molar-refractivity contribution in [3.8, 4) is 0 Å². The molecule has 4 nitrogen and oxygen atoms in total. The minimum absolute atomic E-state index is 0.0545. The molecule has 0 aliphatic carbocycles. The molecule has 1 atom stereocenters. The van der Waals surface area contributed by atoms with E-state index in [0.717, 1.165) is 19.4 Å². The van der Waals surface area contributed by atoms with Gasteiger partial charge in [0.25, 0.3) is 5.91 Å². The van der Waals surface area contributed by atoms with Crippen molar-refractivity contribution in [1.82, 2.24) is 4.90 Å². The van der Waals surface area contributed by atoms with Gasteiger partial charge in [-0.05, 0) is 30.4 Å². The van der Waals surface area contributed by atoms with Gasteiger partial charge in [-0.2, -0.15) is 4.73 Å². The predicted octanol–water partition coefficient (Wildman–Crippen LogP) is 2.36. The average molecular weight is 274 g/mol. The van der Waals surface area contributed by atoms with Crippen molar-refractivity contribution >= 4 is 17.2 Å². The van der Waals surface area contributed by atoms with Crippen LogP contribution in [0.5, 0.6) is 0 Å². The molecule has 1 aliphatic heterocycles. The van der Waals surface area contributed by atoms with Crippen LogP contribution in [0.3, 0.4) is 0 Å². The Morgan fingerprint density at radius 2 is 2.32 bits per heavy atom. The van der Waals surface area contributed by atoms with E-state index in [4.69, 9.17) is 0 Å². The Balaban J connectivity index is 1.87. The van der Waals surface area contributed by atoms with Crippen molar-refractivity contribution < 1.29 is 9.52 Å². The first kappa shape index (κ1) is 12.2. The van der Waals surface area contributed by atoms with Crippen LogP contribution in [0, 0.1) is 5.21 Å². The normalized spacial score (nSPS) is 18.7. The Labute approximate surface area is 115 Å². The Morgan fingerprint density at radius 3 is 3.05 bits per heavy atom. The molecule has 0 N–H and O–H groups in total. The molecule has 19 heavy (non-hydrogen) atoms. The van der Waals surface area contributed by atoms with E-state index in [-0.39, 0.29) is 11.9 Å². The van der Waals surface area contributed by atoms with Crippen LogP contribution in [0.1, 0.15) is 34.1 Å². The number of thiophene rings is 1. The summed E-state index contributed by atoms with van der Waals surface area (Å²) in [4.78, 5) is 15.6. The second-order valence-corrected chi connectivity index (χ2v) is 5.60. The van der Waals surface area contributed by atoms with Crippen LogP contribution in [0.2, 0.25) is 0 Å². The van der Waals surface area contributed by atoms with Crippen LogP contribution in [0.4, 0.5) is 0 Å². The molecule has 3 rings (SSSR count). The summed E-state index contributed by atoms with van der Waals surface area (Å²) >= 11 is 1.68. The molecule has 0 bridgehead atoms. The number of likely N-dealkylation sites (tertiary alicyclic amines) is 1. The van der Waals surface area contributed by atoms with Gasteiger partial charge in [-0.1, -0.05) is 6.07 Å². The van der Waals surface area contributed by atoms with Gasteiger partial charge in [0.05, 0.1) is 6.04 Å². The molecule has 1 saturated heterocycles. The minimum Gasteiger partial charge on any atom is -0.619 e. The van der Waals surface area contributed by atoms with Crippen LogP contribution >= 0.6 is 11.3 Å². The van der Waals surface area contributed by atoms with Crippen LogP contribution in [0.25, 0.3) is 0 Å². The third-order valence-corrected chi connectivity index (χ3v) is 4.38. The molecule has 0 spiro atoms. The lowest BCUT2D eigenvalue weighted by Gasteiger charge is -2.23. The molecule has 3 heterocycles. The largest absolute Gasteiger partial charge is 0.619 e. The Bertz CT molecular complexity index is 583. The summed E-state index contributed by atoms with van der Waals surface area (Å²) in [6.07, 6.45) is 4.73. The van der Waals surface area contributed by atoms with E-state index in [0.29, 0.717) is 10.3 Å². The third-order valence-electron chi connectivity index (χ3n) is 3.41. The van der Waals surface area contributed by atoms with Crippen LogP contribution < -0.4 is 4.73 Å². The SMILES string of the molecule is O=C(c1ccc[n+]([O-])c1)N1CCC[C@@H]1c1cccs1. The highest BCUT2D eigenvalue weighted by atomic mass is 32.1. The first-order valence-electron chi connectivity index (χ1n) is 6.29. The molecule has 0 aromatic carbocycles. The first-order valence-corrected chi connectivity index (χ1v) is 7.17. The van der Waals surface area contributed by atoms with Crippen LogP contribution in [0.15, 0.2) is 42.0 Å². The maximum absolute atomic E-state index is 12.5. The third kappa shape index (κ3) is 2.33. The summed E-state index contributed by atoms with van der Waals surface area (Å²) in [5.41, 5.74) is 0.459. The number of pyridine rings is 1. The summed E-state index contributed by atoms with van der Waals surface area (Å²) < 4.78 is 0.670. The maximum atomic E-state index is 12.5. The topological polar surface area (TPSA) is 47.2 Å². The highest BCUT2D eigenvalue weighted by Crippen LogP contribution is 2.35. The van der Waals surface area contributed by atoms with E-state index < -0.39 is 0 Å². The quantitative estimate of drug-likeness (QED) is 0.623. The van der Waals surface area contributed by atoms with E-state index in [1.807, 2.05) is 16.3 Å². The number of carbonyl (C=O) groups is 1. The van der Waals surface area contributed by atoms with Gasteiger partial charge in [-0.3, -0.25) is 4.79 Å². The van der Waals surface area contributed by atoms with Gasteiger partial charge < -0.3 is 10.1 Å². The van der Waals surface area contributed by atoms with E-state index in [2.05, 4.69) is 6.07 Å². The van der Waals surface area contributed by atoms with Crippen molar-refractivity contribution in [3.05, 3.63) is 57.7 Å². The Morgan fingerprint density at radius 1 is 1.42 bits per heavy atom. The fraction of sp³-hybridized carbons (Fsp3) is 0.286. The summed E-state index contributed by atoms with van der Waals surface area (Å²) in [7, 11) is 0. The number of carbonyl (C=O) groups excluding carboxylic acids is 1. The zero-order valence-corrected chi connectivity index (χ0v) is 11.2. The molecular formula is C14H14N2O2S. The van der Waals surface area contributed by atoms with Crippen molar-refractivity contribution in [2.45, 2.75) is 18.9 Å². The number of hydrogen-bond donors (Lipinski definition) is 0. The monoisotopic (exact) mass is 274 g/mol. The second kappa shape index (κ2) is 5.01. The van der Waals surface area contributed by atoms with Crippen molar-refractivity contribution in [2.75, 3.05) is 6.54 Å². The molecule has 1 fully saturated rings. The van der Waals surface area contributed by atoms with Crippen LogP contribution in [-0.4, -0.2) is 17.4 Å². The highest BCUT2D eigenvalue weighted by Gasteiger charge is 2.31. The zero-order chi connectivity index (χ0) is 13.2. The zero-order valence-electron chi connectivity index (χ0n) is 10.4. The Hall–Kier alpha value is -1.88. The van der Waals surface area contributed by atoms with Crippen molar-refractivity contribution in [3.63, 3.8) is 0 Å². The fourth-order valence-corrected chi connectivity index (χ4v) is 3.41. The number of rotatable bonds is 2. The number of amides is 1. The van der Waals surface area contributed by atoms with E-state index >= 15 is 0 Å². The molecule has 1 aliphatic rings. The molecule has 0 unspecified atom stereocenters. The van der Waals surface area contributed by atoms with E-state index in [1.165, 1.54) is 17.3 Å². The predicted molar refractivity (Wildman–Crippen MR) is 72.7 cm³/mol. The fourth-order valence-electron chi connectivity index (χ4n) is 2.53. The molecule has 98 valence electrons. The molecule has 0 radical (unpaired) electrons. The van der Waals surface area contributed by atoms with Gasteiger partial charge in [0.15, 0.2) is 12.4 Å². The number of hydrogen-bond acceptors (Lipinski definition) is 3. The molecule has 2 aromatic rings. The lowest BCUT2D eigenvalue weighted by molar-refractivity contribution is -0.605. The summed E-state index contributed by atoms with van der Waals surface area (Å²) in [5.74, 6) is -0.0545.